The van der Waals surface area contributed by atoms with Gasteiger partial charge in [-0.15, -0.1) is 0 Å². The van der Waals surface area contributed by atoms with E-state index >= 15 is 0 Å². The number of carbonyl (C=O) groups excluding carboxylic acids is 2. The van der Waals surface area contributed by atoms with Gasteiger partial charge in [-0.3, -0.25) is 9.59 Å². The van der Waals surface area contributed by atoms with Crippen LogP contribution in [0.25, 0.3) is 0 Å². The third-order valence-corrected chi connectivity index (χ3v) is 3.27. The second-order valence-corrected chi connectivity index (χ2v) is 4.96. The molecular formula is C13H23N3O5. The zero-order chi connectivity index (χ0) is 15.8. The largest absolute Gasteiger partial charge is 0.481 e. The predicted molar refractivity (Wildman–Crippen MR) is 74.8 cm³/mol. The number of aliphatic carboxylic acids is 1. The van der Waals surface area contributed by atoms with Crippen molar-refractivity contribution in [1.82, 2.24) is 15.5 Å². The van der Waals surface area contributed by atoms with Gasteiger partial charge in [0.2, 0.25) is 5.91 Å². The number of hydrogen-bond donors (Lipinski definition) is 3. The van der Waals surface area contributed by atoms with Crippen LogP contribution >= 0.6 is 0 Å². The molecule has 2 atom stereocenters. The minimum Gasteiger partial charge on any atom is -0.481 e. The van der Waals surface area contributed by atoms with Crippen LogP contribution in [0.3, 0.4) is 0 Å². The number of ether oxygens (including phenoxy) is 1. The van der Waals surface area contributed by atoms with Crippen LogP contribution in [0.15, 0.2) is 0 Å². The molecule has 0 radical (unpaired) electrons. The molecule has 120 valence electrons. The van der Waals surface area contributed by atoms with Crippen molar-refractivity contribution in [2.24, 2.45) is 5.92 Å². The van der Waals surface area contributed by atoms with Crippen molar-refractivity contribution in [3.05, 3.63) is 0 Å². The average Bonchev–Trinajstić information content (AvgIpc) is 2.89. The van der Waals surface area contributed by atoms with Crippen molar-refractivity contribution in [2.75, 3.05) is 32.8 Å². The molecule has 0 saturated carbocycles. The van der Waals surface area contributed by atoms with Crippen LogP contribution < -0.4 is 10.6 Å². The maximum Gasteiger partial charge on any atom is 0.317 e. The Morgan fingerprint density at radius 2 is 1.90 bits per heavy atom. The Hall–Kier alpha value is -1.83. The molecule has 1 aliphatic rings. The van der Waals surface area contributed by atoms with Gasteiger partial charge >= 0.3 is 12.0 Å². The molecule has 0 spiro atoms. The summed E-state index contributed by atoms with van der Waals surface area (Å²) in [6, 6.07) is -0.785. The summed E-state index contributed by atoms with van der Waals surface area (Å²) in [6.45, 7) is 4.77. The molecule has 0 aromatic heterocycles. The summed E-state index contributed by atoms with van der Waals surface area (Å²) in [7, 11) is 0. The summed E-state index contributed by atoms with van der Waals surface area (Å²) in [6.07, 6.45) is 0.724. The molecule has 0 aliphatic carbocycles. The summed E-state index contributed by atoms with van der Waals surface area (Å²) >= 11 is 0. The van der Waals surface area contributed by atoms with E-state index in [1.165, 1.54) is 11.8 Å². The molecule has 1 heterocycles. The summed E-state index contributed by atoms with van der Waals surface area (Å²) in [5.74, 6) is -1.81. The lowest BCUT2D eigenvalue weighted by atomic mass is 10.0. The van der Waals surface area contributed by atoms with Gasteiger partial charge in [0.15, 0.2) is 0 Å². The standard InChI is InChI=1S/C13H23N3O5/c1-3-6-16(11-8-21-7-10(11)12(18)19)13(20)15-5-4-14-9(2)17/h10-11H,3-8H2,1-2H3,(H,14,17)(H,15,20)(H,18,19). The first-order chi connectivity index (χ1) is 9.97. The highest BCUT2D eigenvalue weighted by Gasteiger charge is 2.39. The molecule has 1 fully saturated rings. The number of carboxylic acid groups (broad SMARTS) is 1. The second-order valence-electron chi connectivity index (χ2n) is 4.96. The van der Waals surface area contributed by atoms with E-state index in [4.69, 9.17) is 4.74 Å². The zero-order valence-electron chi connectivity index (χ0n) is 12.4. The van der Waals surface area contributed by atoms with Crippen molar-refractivity contribution in [3.8, 4) is 0 Å². The van der Waals surface area contributed by atoms with Crippen molar-refractivity contribution in [1.29, 1.82) is 0 Å². The van der Waals surface area contributed by atoms with E-state index in [1.807, 2.05) is 6.92 Å². The van der Waals surface area contributed by atoms with Crippen LogP contribution in [0.2, 0.25) is 0 Å². The Bertz CT molecular complexity index is 388. The number of rotatable bonds is 7. The van der Waals surface area contributed by atoms with Gasteiger partial charge in [0.05, 0.1) is 19.3 Å². The van der Waals surface area contributed by atoms with Gasteiger partial charge < -0.3 is 25.4 Å². The molecule has 0 aromatic rings. The van der Waals surface area contributed by atoms with Crippen LogP contribution in [0.1, 0.15) is 20.3 Å². The fourth-order valence-electron chi connectivity index (χ4n) is 2.25. The minimum atomic E-state index is -0.954. The normalized spacial score (nSPS) is 20.9. The fourth-order valence-corrected chi connectivity index (χ4v) is 2.25. The topological polar surface area (TPSA) is 108 Å². The van der Waals surface area contributed by atoms with Crippen LogP contribution in [0.5, 0.6) is 0 Å². The number of urea groups is 1. The fraction of sp³-hybridized carbons (Fsp3) is 0.769. The molecule has 2 unspecified atom stereocenters. The Kier molecular flexibility index (Phi) is 6.93. The van der Waals surface area contributed by atoms with E-state index in [1.54, 1.807) is 0 Å². The molecular weight excluding hydrogens is 278 g/mol. The number of carbonyl (C=O) groups is 3. The molecule has 1 aliphatic heterocycles. The van der Waals surface area contributed by atoms with E-state index in [0.29, 0.717) is 19.6 Å². The number of nitrogens with zero attached hydrogens (tertiary/aromatic N) is 1. The maximum absolute atomic E-state index is 12.2. The van der Waals surface area contributed by atoms with E-state index < -0.39 is 17.9 Å². The Balaban J connectivity index is 2.56. The Morgan fingerprint density at radius 1 is 1.24 bits per heavy atom. The summed E-state index contributed by atoms with van der Waals surface area (Å²) in [5.41, 5.74) is 0. The van der Waals surface area contributed by atoms with Crippen molar-refractivity contribution in [3.63, 3.8) is 0 Å². The van der Waals surface area contributed by atoms with Crippen LogP contribution in [0.4, 0.5) is 4.79 Å². The number of carboxylic acids is 1. The van der Waals surface area contributed by atoms with Crippen LogP contribution in [0, 0.1) is 5.92 Å². The third kappa shape index (κ3) is 5.22. The second kappa shape index (κ2) is 8.46. The Labute approximate surface area is 123 Å². The van der Waals surface area contributed by atoms with Gasteiger partial charge in [-0.25, -0.2) is 4.79 Å². The third-order valence-electron chi connectivity index (χ3n) is 3.27. The highest BCUT2D eigenvalue weighted by atomic mass is 16.5. The van der Waals surface area contributed by atoms with Crippen LogP contribution in [-0.2, 0) is 14.3 Å². The van der Waals surface area contributed by atoms with E-state index in [9.17, 15) is 19.5 Å². The van der Waals surface area contributed by atoms with Crippen molar-refractivity contribution >= 4 is 17.9 Å². The molecule has 21 heavy (non-hydrogen) atoms. The zero-order valence-corrected chi connectivity index (χ0v) is 12.4. The molecule has 8 nitrogen and oxygen atoms in total. The quantitative estimate of drug-likeness (QED) is 0.557. The molecule has 0 aromatic carbocycles. The summed E-state index contributed by atoms with van der Waals surface area (Å²) < 4.78 is 5.21. The minimum absolute atomic E-state index is 0.124. The molecule has 3 amide bonds. The first-order valence-corrected chi connectivity index (χ1v) is 7.06. The van der Waals surface area contributed by atoms with E-state index in [-0.39, 0.29) is 25.2 Å². The summed E-state index contributed by atoms with van der Waals surface area (Å²) in [5, 5.41) is 14.4. The first-order valence-electron chi connectivity index (χ1n) is 7.06. The smallest absolute Gasteiger partial charge is 0.317 e. The molecule has 8 heteroatoms. The van der Waals surface area contributed by atoms with Gasteiger partial charge in [-0.05, 0) is 6.42 Å². The molecule has 1 saturated heterocycles. The maximum atomic E-state index is 12.2. The molecule has 1 rings (SSSR count). The average molecular weight is 301 g/mol. The Morgan fingerprint density at radius 3 is 2.48 bits per heavy atom. The monoisotopic (exact) mass is 301 g/mol. The number of hydrogen-bond acceptors (Lipinski definition) is 4. The van der Waals surface area contributed by atoms with Gasteiger partial charge in [-0.1, -0.05) is 6.92 Å². The number of amides is 3. The SMILES string of the molecule is CCCN(C(=O)NCCNC(C)=O)C1COCC1C(=O)O. The van der Waals surface area contributed by atoms with Crippen molar-refractivity contribution in [2.45, 2.75) is 26.3 Å². The molecule has 0 bridgehead atoms. The van der Waals surface area contributed by atoms with Gasteiger partial charge in [0.1, 0.15) is 5.92 Å². The molecule has 3 N–H and O–H groups in total. The van der Waals surface area contributed by atoms with Gasteiger partial charge in [0.25, 0.3) is 0 Å². The first kappa shape index (κ1) is 17.2. The lowest BCUT2D eigenvalue weighted by Gasteiger charge is -2.30. The summed E-state index contributed by atoms with van der Waals surface area (Å²) in [4.78, 5) is 35.6. The van der Waals surface area contributed by atoms with E-state index in [2.05, 4.69) is 10.6 Å². The van der Waals surface area contributed by atoms with Crippen LogP contribution in [-0.4, -0.2) is 66.8 Å². The lowest BCUT2D eigenvalue weighted by molar-refractivity contribution is -0.142. The highest BCUT2D eigenvalue weighted by molar-refractivity contribution is 5.77. The number of nitrogens with one attached hydrogen (secondary N) is 2. The lowest BCUT2D eigenvalue weighted by Crippen LogP contribution is -2.51. The van der Waals surface area contributed by atoms with Crippen molar-refractivity contribution < 1.29 is 24.2 Å². The highest BCUT2D eigenvalue weighted by Crippen LogP contribution is 2.20. The van der Waals surface area contributed by atoms with E-state index in [0.717, 1.165) is 6.42 Å². The van der Waals surface area contributed by atoms with Gasteiger partial charge in [0, 0.05) is 26.6 Å². The van der Waals surface area contributed by atoms with Gasteiger partial charge in [-0.2, -0.15) is 0 Å². The predicted octanol–water partition coefficient (Wildman–Crippen LogP) is -0.356.